The second-order valence-electron chi connectivity index (χ2n) is 4.05. The van der Waals surface area contributed by atoms with E-state index < -0.39 is 0 Å². The monoisotopic (exact) mass is 286 g/mol. The molecular formula is C13H19BrO2. The average molecular weight is 287 g/mol. The van der Waals surface area contributed by atoms with Gasteiger partial charge in [-0.1, -0.05) is 35.8 Å². The lowest BCUT2D eigenvalue weighted by atomic mass is 9.98. The van der Waals surface area contributed by atoms with E-state index in [-0.39, 0.29) is 0 Å². The van der Waals surface area contributed by atoms with Crippen LogP contribution < -0.4 is 9.47 Å². The molecule has 3 heteroatoms. The van der Waals surface area contributed by atoms with Crippen LogP contribution in [0.1, 0.15) is 19.4 Å². The fourth-order valence-electron chi connectivity index (χ4n) is 1.54. The SMILES string of the molecule is COc1ccc(CC(C)C(C)Br)cc1OC. The molecule has 0 spiro atoms. The van der Waals surface area contributed by atoms with Crippen LogP contribution in [0.2, 0.25) is 0 Å². The molecule has 0 aromatic heterocycles. The standard InChI is InChI=1S/C13H19BrO2/c1-9(10(2)14)7-11-5-6-12(15-3)13(8-11)16-4/h5-6,8-10H,7H2,1-4H3. The molecule has 0 aliphatic heterocycles. The van der Waals surface area contributed by atoms with Crippen LogP contribution >= 0.6 is 15.9 Å². The van der Waals surface area contributed by atoms with Crippen molar-refractivity contribution in [3.63, 3.8) is 0 Å². The summed E-state index contributed by atoms with van der Waals surface area (Å²) in [5.41, 5.74) is 1.27. The Hall–Kier alpha value is -0.700. The number of hydrogen-bond donors (Lipinski definition) is 0. The molecule has 0 fully saturated rings. The summed E-state index contributed by atoms with van der Waals surface area (Å²) < 4.78 is 10.5. The lowest BCUT2D eigenvalue weighted by molar-refractivity contribution is 0.354. The summed E-state index contributed by atoms with van der Waals surface area (Å²) in [6, 6.07) is 6.09. The van der Waals surface area contributed by atoms with Crippen molar-refractivity contribution in [2.45, 2.75) is 25.1 Å². The van der Waals surface area contributed by atoms with Gasteiger partial charge >= 0.3 is 0 Å². The normalized spacial score (nSPS) is 14.3. The van der Waals surface area contributed by atoms with Crippen molar-refractivity contribution in [1.82, 2.24) is 0 Å². The molecule has 0 bridgehead atoms. The van der Waals surface area contributed by atoms with Crippen molar-refractivity contribution in [3.8, 4) is 11.5 Å². The van der Waals surface area contributed by atoms with Crippen molar-refractivity contribution in [2.75, 3.05) is 14.2 Å². The van der Waals surface area contributed by atoms with Crippen LogP contribution in [0, 0.1) is 5.92 Å². The molecule has 0 amide bonds. The third-order valence-corrected chi connectivity index (χ3v) is 3.69. The minimum absolute atomic E-state index is 0.514. The van der Waals surface area contributed by atoms with Gasteiger partial charge < -0.3 is 9.47 Å². The molecule has 0 radical (unpaired) electrons. The van der Waals surface area contributed by atoms with E-state index in [4.69, 9.17) is 9.47 Å². The summed E-state index contributed by atoms with van der Waals surface area (Å²) in [4.78, 5) is 0.514. The molecule has 2 atom stereocenters. The fraction of sp³-hybridized carbons (Fsp3) is 0.538. The van der Waals surface area contributed by atoms with E-state index in [0.717, 1.165) is 17.9 Å². The molecule has 16 heavy (non-hydrogen) atoms. The zero-order valence-corrected chi connectivity index (χ0v) is 11.9. The highest BCUT2D eigenvalue weighted by Crippen LogP contribution is 2.29. The van der Waals surface area contributed by atoms with E-state index in [1.54, 1.807) is 14.2 Å². The van der Waals surface area contributed by atoms with Crippen LogP contribution in [0.3, 0.4) is 0 Å². The number of ether oxygens (including phenoxy) is 2. The maximum absolute atomic E-state index is 5.28. The first-order valence-electron chi connectivity index (χ1n) is 5.43. The summed E-state index contributed by atoms with van der Waals surface area (Å²) in [7, 11) is 3.32. The van der Waals surface area contributed by atoms with Crippen LogP contribution in [-0.2, 0) is 6.42 Å². The van der Waals surface area contributed by atoms with Gasteiger partial charge in [-0.2, -0.15) is 0 Å². The molecule has 1 rings (SSSR count). The van der Waals surface area contributed by atoms with Crippen LogP contribution in [0.5, 0.6) is 11.5 Å². The van der Waals surface area contributed by atoms with E-state index in [0.29, 0.717) is 10.7 Å². The number of benzene rings is 1. The molecule has 0 aliphatic carbocycles. The summed E-state index contributed by atoms with van der Waals surface area (Å²) in [5.74, 6) is 2.18. The second kappa shape index (κ2) is 6.14. The maximum atomic E-state index is 5.28. The van der Waals surface area contributed by atoms with Crippen LogP contribution in [-0.4, -0.2) is 19.0 Å². The van der Waals surface area contributed by atoms with Crippen molar-refractivity contribution < 1.29 is 9.47 Å². The largest absolute Gasteiger partial charge is 0.493 e. The Bertz CT molecular complexity index is 337. The molecule has 1 aromatic carbocycles. The van der Waals surface area contributed by atoms with Gasteiger partial charge in [0.2, 0.25) is 0 Å². The first kappa shape index (κ1) is 13.4. The molecule has 2 nitrogen and oxygen atoms in total. The summed E-state index contributed by atoms with van der Waals surface area (Å²) in [6.45, 7) is 4.40. The Morgan fingerprint density at radius 2 is 1.75 bits per heavy atom. The van der Waals surface area contributed by atoms with Gasteiger partial charge in [-0.15, -0.1) is 0 Å². The van der Waals surface area contributed by atoms with Gasteiger partial charge in [-0.3, -0.25) is 0 Å². The van der Waals surface area contributed by atoms with Gasteiger partial charge in [0.25, 0.3) is 0 Å². The number of methoxy groups -OCH3 is 2. The fourth-order valence-corrected chi connectivity index (χ4v) is 1.73. The van der Waals surface area contributed by atoms with Crippen molar-refractivity contribution in [2.24, 2.45) is 5.92 Å². The first-order chi connectivity index (χ1) is 7.58. The number of hydrogen-bond acceptors (Lipinski definition) is 2. The minimum atomic E-state index is 0.514. The predicted molar refractivity (Wildman–Crippen MR) is 70.8 cm³/mol. The number of alkyl halides is 1. The lowest BCUT2D eigenvalue weighted by Crippen LogP contribution is -2.09. The highest BCUT2D eigenvalue weighted by atomic mass is 79.9. The van der Waals surface area contributed by atoms with E-state index in [1.807, 2.05) is 12.1 Å². The van der Waals surface area contributed by atoms with Crippen molar-refractivity contribution in [3.05, 3.63) is 23.8 Å². The van der Waals surface area contributed by atoms with Crippen LogP contribution in [0.4, 0.5) is 0 Å². The molecule has 0 saturated carbocycles. The summed E-state index contributed by atoms with van der Waals surface area (Å²) >= 11 is 3.61. The van der Waals surface area contributed by atoms with Crippen molar-refractivity contribution >= 4 is 15.9 Å². The molecule has 2 unspecified atom stereocenters. The Labute approximate surface area is 106 Å². The molecule has 90 valence electrons. The summed E-state index contributed by atoms with van der Waals surface area (Å²) in [5, 5.41) is 0. The third-order valence-electron chi connectivity index (χ3n) is 2.79. The quantitative estimate of drug-likeness (QED) is 0.769. The molecule has 0 heterocycles. The summed E-state index contributed by atoms with van der Waals surface area (Å²) in [6.07, 6.45) is 1.03. The minimum Gasteiger partial charge on any atom is -0.493 e. The van der Waals surface area contributed by atoms with E-state index in [2.05, 4.69) is 35.8 Å². The van der Waals surface area contributed by atoms with E-state index >= 15 is 0 Å². The van der Waals surface area contributed by atoms with Crippen LogP contribution in [0.25, 0.3) is 0 Å². The van der Waals surface area contributed by atoms with Gasteiger partial charge in [0, 0.05) is 4.83 Å². The number of halogens is 1. The Morgan fingerprint density at radius 3 is 2.25 bits per heavy atom. The average Bonchev–Trinajstić information content (AvgIpc) is 2.28. The van der Waals surface area contributed by atoms with E-state index in [9.17, 15) is 0 Å². The van der Waals surface area contributed by atoms with Gasteiger partial charge in [0.15, 0.2) is 11.5 Å². The first-order valence-corrected chi connectivity index (χ1v) is 6.35. The highest BCUT2D eigenvalue weighted by Gasteiger charge is 2.11. The lowest BCUT2D eigenvalue weighted by Gasteiger charge is -2.15. The zero-order chi connectivity index (χ0) is 12.1. The van der Waals surface area contributed by atoms with Gasteiger partial charge in [0.1, 0.15) is 0 Å². The molecule has 0 saturated heterocycles. The Balaban J connectivity index is 2.82. The molecule has 1 aromatic rings. The van der Waals surface area contributed by atoms with Gasteiger partial charge in [0.05, 0.1) is 14.2 Å². The number of rotatable bonds is 5. The van der Waals surface area contributed by atoms with Crippen LogP contribution in [0.15, 0.2) is 18.2 Å². The van der Waals surface area contributed by atoms with Gasteiger partial charge in [-0.05, 0) is 30.0 Å². The topological polar surface area (TPSA) is 18.5 Å². The molecule has 0 N–H and O–H groups in total. The van der Waals surface area contributed by atoms with Crippen molar-refractivity contribution in [1.29, 1.82) is 0 Å². The van der Waals surface area contributed by atoms with E-state index in [1.165, 1.54) is 5.56 Å². The maximum Gasteiger partial charge on any atom is 0.160 e. The predicted octanol–water partition coefficient (Wildman–Crippen LogP) is 3.67. The van der Waals surface area contributed by atoms with Gasteiger partial charge in [-0.25, -0.2) is 0 Å². The molecule has 0 aliphatic rings. The Morgan fingerprint density at radius 1 is 1.12 bits per heavy atom. The highest BCUT2D eigenvalue weighted by molar-refractivity contribution is 9.09. The smallest absolute Gasteiger partial charge is 0.160 e. The second-order valence-corrected chi connectivity index (χ2v) is 5.49. The molecular weight excluding hydrogens is 268 g/mol. The third kappa shape index (κ3) is 3.41. The zero-order valence-electron chi connectivity index (χ0n) is 10.3. The Kier molecular flexibility index (Phi) is 5.13.